The lowest BCUT2D eigenvalue weighted by Gasteiger charge is -2.22. The molecule has 0 spiro atoms. The summed E-state index contributed by atoms with van der Waals surface area (Å²) in [6.07, 6.45) is 1.07. The molecule has 2 nitrogen and oxygen atoms in total. The molecular weight excluding hydrogens is 268 g/mol. The first-order valence-corrected chi connectivity index (χ1v) is 7.96. The van der Waals surface area contributed by atoms with E-state index in [9.17, 15) is 0 Å². The fourth-order valence-electron chi connectivity index (χ4n) is 2.92. The molecule has 0 N–H and O–H groups in total. The summed E-state index contributed by atoms with van der Waals surface area (Å²) in [6.45, 7) is 5.03. The molecule has 1 saturated carbocycles. The zero-order valence-corrected chi connectivity index (χ0v) is 13.1. The van der Waals surface area contributed by atoms with Crippen molar-refractivity contribution in [2.75, 3.05) is 6.54 Å². The number of nitriles is 1. The standard InChI is InChI=1S/C20H22N2/c1-16-7-9-18(10-8-16)14-22(15-20-11-19(20)12-21)13-17-5-3-2-4-6-17/h2-10,19-20H,11,13-15H2,1H3. The molecule has 112 valence electrons. The van der Waals surface area contributed by atoms with Gasteiger partial charge in [-0.1, -0.05) is 60.2 Å². The molecule has 1 fully saturated rings. The summed E-state index contributed by atoms with van der Waals surface area (Å²) < 4.78 is 0. The minimum absolute atomic E-state index is 0.274. The van der Waals surface area contributed by atoms with E-state index in [2.05, 4.69) is 72.5 Å². The second-order valence-corrected chi connectivity index (χ2v) is 6.37. The lowest BCUT2D eigenvalue weighted by molar-refractivity contribution is 0.243. The average Bonchev–Trinajstić information content (AvgIpc) is 3.29. The highest BCUT2D eigenvalue weighted by molar-refractivity contribution is 5.22. The van der Waals surface area contributed by atoms with Gasteiger partial charge in [-0.05, 0) is 30.4 Å². The lowest BCUT2D eigenvalue weighted by atomic mass is 10.1. The summed E-state index contributed by atoms with van der Waals surface area (Å²) in [5.41, 5.74) is 3.98. The maximum Gasteiger partial charge on any atom is 0.0659 e. The number of nitrogens with zero attached hydrogens (tertiary/aromatic N) is 2. The van der Waals surface area contributed by atoms with Gasteiger partial charge in [0.2, 0.25) is 0 Å². The number of hydrogen-bond acceptors (Lipinski definition) is 2. The van der Waals surface area contributed by atoms with Crippen LogP contribution in [0.5, 0.6) is 0 Å². The van der Waals surface area contributed by atoms with Gasteiger partial charge < -0.3 is 0 Å². The van der Waals surface area contributed by atoms with Crippen molar-refractivity contribution < 1.29 is 0 Å². The average molecular weight is 290 g/mol. The van der Waals surface area contributed by atoms with E-state index in [4.69, 9.17) is 5.26 Å². The van der Waals surface area contributed by atoms with Gasteiger partial charge in [-0.2, -0.15) is 5.26 Å². The van der Waals surface area contributed by atoms with E-state index in [1.54, 1.807) is 0 Å². The first-order chi connectivity index (χ1) is 10.7. The molecule has 0 bridgehead atoms. The lowest BCUT2D eigenvalue weighted by Crippen LogP contribution is -2.25. The Bertz CT molecular complexity index is 640. The zero-order chi connectivity index (χ0) is 15.4. The molecule has 2 aromatic carbocycles. The topological polar surface area (TPSA) is 27.0 Å². The number of rotatable bonds is 6. The number of hydrogen-bond donors (Lipinski definition) is 0. The Balaban J connectivity index is 1.68. The fraction of sp³-hybridized carbons (Fsp3) is 0.350. The molecule has 0 radical (unpaired) electrons. The van der Waals surface area contributed by atoms with Gasteiger partial charge in [-0.15, -0.1) is 0 Å². The molecule has 0 heterocycles. The maximum absolute atomic E-state index is 9.03. The summed E-state index contributed by atoms with van der Waals surface area (Å²) in [5.74, 6) is 0.829. The van der Waals surface area contributed by atoms with Crippen LogP contribution in [0.15, 0.2) is 54.6 Å². The molecule has 0 saturated heterocycles. The molecule has 0 aromatic heterocycles. The van der Waals surface area contributed by atoms with E-state index >= 15 is 0 Å². The van der Waals surface area contributed by atoms with E-state index in [1.165, 1.54) is 16.7 Å². The summed E-state index contributed by atoms with van der Waals surface area (Å²) >= 11 is 0. The molecule has 0 amide bonds. The van der Waals surface area contributed by atoms with Crippen molar-refractivity contribution in [1.29, 1.82) is 5.26 Å². The second-order valence-electron chi connectivity index (χ2n) is 6.37. The van der Waals surface area contributed by atoms with Crippen LogP contribution in [0.1, 0.15) is 23.1 Å². The van der Waals surface area contributed by atoms with Gasteiger partial charge >= 0.3 is 0 Å². The van der Waals surface area contributed by atoms with Gasteiger partial charge in [-0.25, -0.2) is 0 Å². The van der Waals surface area contributed by atoms with Crippen LogP contribution in [0.3, 0.4) is 0 Å². The van der Waals surface area contributed by atoms with Crippen molar-refractivity contribution in [3.63, 3.8) is 0 Å². The number of aryl methyl sites for hydroxylation is 1. The van der Waals surface area contributed by atoms with E-state index in [0.29, 0.717) is 5.92 Å². The normalized spacial score (nSPS) is 19.9. The molecule has 2 aromatic rings. The van der Waals surface area contributed by atoms with E-state index in [0.717, 1.165) is 26.1 Å². The van der Waals surface area contributed by atoms with E-state index < -0.39 is 0 Å². The van der Waals surface area contributed by atoms with Crippen LogP contribution in [-0.2, 0) is 13.1 Å². The summed E-state index contributed by atoms with van der Waals surface area (Å²) in [6, 6.07) is 21.8. The van der Waals surface area contributed by atoms with Crippen LogP contribution < -0.4 is 0 Å². The minimum Gasteiger partial charge on any atom is -0.295 e. The second kappa shape index (κ2) is 6.77. The Morgan fingerprint density at radius 1 is 1.00 bits per heavy atom. The molecule has 1 aliphatic rings. The summed E-state index contributed by atoms with van der Waals surface area (Å²) in [7, 11) is 0. The molecule has 1 aliphatic carbocycles. The van der Waals surface area contributed by atoms with E-state index in [-0.39, 0.29) is 5.92 Å². The first-order valence-electron chi connectivity index (χ1n) is 7.96. The molecule has 0 aliphatic heterocycles. The van der Waals surface area contributed by atoms with Gasteiger partial charge in [0.1, 0.15) is 0 Å². The summed E-state index contributed by atoms with van der Waals surface area (Å²) in [4.78, 5) is 2.47. The highest BCUT2D eigenvalue weighted by Gasteiger charge is 2.38. The van der Waals surface area contributed by atoms with Crippen LogP contribution in [0, 0.1) is 30.1 Å². The Hall–Kier alpha value is -2.11. The molecule has 3 rings (SSSR count). The third kappa shape index (κ3) is 3.96. The highest BCUT2D eigenvalue weighted by atomic mass is 15.1. The van der Waals surface area contributed by atoms with Gasteiger partial charge in [0.05, 0.1) is 12.0 Å². The summed E-state index contributed by atoms with van der Waals surface area (Å²) in [5, 5.41) is 9.03. The van der Waals surface area contributed by atoms with E-state index in [1.807, 2.05) is 0 Å². The smallest absolute Gasteiger partial charge is 0.0659 e. The van der Waals surface area contributed by atoms with Crippen LogP contribution in [0.4, 0.5) is 0 Å². The van der Waals surface area contributed by atoms with Crippen molar-refractivity contribution in [3.05, 3.63) is 71.3 Å². The fourth-order valence-corrected chi connectivity index (χ4v) is 2.92. The van der Waals surface area contributed by atoms with Crippen molar-refractivity contribution in [1.82, 2.24) is 4.90 Å². The molecule has 22 heavy (non-hydrogen) atoms. The Morgan fingerprint density at radius 3 is 2.23 bits per heavy atom. The molecular formula is C20H22N2. The van der Waals surface area contributed by atoms with Gasteiger partial charge in [-0.3, -0.25) is 4.90 Å². The van der Waals surface area contributed by atoms with Crippen LogP contribution in [-0.4, -0.2) is 11.4 Å². The predicted molar refractivity (Wildman–Crippen MR) is 88.9 cm³/mol. The van der Waals surface area contributed by atoms with Crippen LogP contribution >= 0.6 is 0 Å². The van der Waals surface area contributed by atoms with Crippen molar-refractivity contribution in [3.8, 4) is 6.07 Å². The maximum atomic E-state index is 9.03. The van der Waals surface area contributed by atoms with Crippen LogP contribution in [0.2, 0.25) is 0 Å². The predicted octanol–water partition coefficient (Wildman–Crippen LogP) is 4.16. The SMILES string of the molecule is Cc1ccc(CN(Cc2ccccc2)CC2CC2C#N)cc1. The van der Waals surface area contributed by atoms with Crippen molar-refractivity contribution >= 4 is 0 Å². The Morgan fingerprint density at radius 2 is 1.64 bits per heavy atom. The Kier molecular flexibility index (Phi) is 4.56. The Labute approximate surface area is 133 Å². The third-order valence-corrected chi connectivity index (χ3v) is 4.36. The van der Waals surface area contributed by atoms with Gasteiger partial charge in [0.15, 0.2) is 0 Å². The third-order valence-electron chi connectivity index (χ3n) is 4.36. The largest absolute Gasteiger partial charge is 0.295 e. The van der Waals surface area contributed by atoms with Crippen molar-refractivity contribution in [2.45, 2.75) is 26.4 Å². The number of benzene rings is 2. The monoisotopic (exact) mass is 290 g/mol. The zero-order valence-electron chi connectivity index (χ0n) is 13.1. The minimum atomic E-state index is 0.274. The van der Waals surface area contributed by atoms with Gasteiger partial charge in [0, 0.05) is 19.6 Å². The van der Waals surface area contributed by atoms with Gasteiger partial charge in [0.25, 0.3) is 0 Å². The first kappa shape index (κ1) is 14.8. The molecule has 2 atom stereocenters. The highest BCUT2D eigenvalue weighted by Crippen LogP contribution is 2.38. The molecule has 2 unspecified atom stereocenters. The quantitative estimate of drug-likeness (QED) is 0.799. The molecule has 2 heteroatoms. The van der Waals surface area contributed by atoms with Crippen LogP contribution in [0.25, 0.3) is 0 Å². The van der Waals surface area contributed by atoms with Crippen molar-refractivity contribution in [2.24, 2.45) is 11.8 Å².